The fourth-order valence-electron chi connectivity index (χ4n) is 2.83. The number of hydrogen-bond acceptors (Lipinski definition) is 4. The molecule has 2 aromatic rings. The number of nitrogens with zero attached hydrogens (tertiary/aromatic N) is 2. The van der Waals surface area contributed by atoms with Crippen molar-refractivity contribution >= 4 is 0 Å². The van der Waals surface area contributed by atoms with Crippen LogP contribution in [0.15, 0.2) is 28.8 Å². The average Bonchev–Trinajstić information content (AvgIpc) is 2.88. The van der Waals surface area contributed by atoms with Gasteiger partial charge in [0, 0.05) is 12.3 Å². The molecule has 4 heteroatoms. The quantitative estimate of drug-likeness (QED) is 0.933. The van der Waals surface area contributed by atoms with Crippen molar-refractivity contribution in [1.82, 2.24) is 10.1 Å². The molecule has 0 radical (unpaired) electrons. The lowest BCUT2D eigenvalue weighted by molar-refractivity contribution is 0.116. The van der Waals surface area contributed by atoms with Gasteiger partial charge in [-0.2, -0.15) is 4.98 Å². The number of aliphatic hydroxyl groups is 1. The Balaban J connectivity index is 1.67. The van der Waals surface area contributed by atoms with Crippen LogP contribution in [0.4, 0.5) is 0 Å². The van der Waals surface area contributed by atoms with E-state index in [1.807, 2.05) is 6.07 Å². The molecule has 0 unspecified atom stereocenters. The Hall–Kier alpha value is -1.68. The van der Waals surface area contributed by atoms with Crippen LogP contribution in [0.2, 0.25) is 0 Å². The van der Waals surface area contributed by atoms with Gasteiger partial charge in [0.2, 0.25) is 5.89 Å². The summed E-state index contributed by atoms with van der Waals surface area (Å²) in [5.74, 6) is 1.80. The normalized spacial score (nSPS) is 22.9. The van der Waals surface area contributed by atoms with E-state index in [9.17, 15) is 5.11 Å². The predicted octanol–water partition coefficient (Wildman–Crippen LogP) is 2.99. The third kappa shape index (κ3) is 3.07. The topological polar surface area (TPSA) is 59.2 Å². The van der Waals surface area contributed by atoms with Gasteiger partial charge in [-0.1, -0.05) is 35.0 Å². The Kier molecular flexibility index (Phi) is 3.83. The highest BCUT2D eigenvalue weighted by atomic mass is 16.5. The molecule has 1 aromatic carbocycles. The number of aliphatic hydroxyl groups excluding tert-OH is 1. The predicted molar refractivity (Wildman–Crippen MR) is 75.5 cm³/mol. The van der Waals surface area contributed by atoms with Gasteiger partial charge < -0.3 is 9.63 Å². The van der Waals surface area contributed by atoms with Crippen LogP contribution in [0.25, 0.3) is 0 Å². The minimum atomic E-state index is -0.152. The molecule has 0 amide bonds. The zero-order chi connectivity index (χ0) is 13.9. The first-order valence-corrected chi connectivity index (χ1v) is 7.27. The summed E-state index contributed by atoms with van der Waals surface area (Å²) in [6.45, 7) is 2.08. The third-order valence-corrected chi connectivity index (χ3v) is 3.97. The minimum Gasteiger partial charge on any atom is -0.393 e. The number of aromatic nitrogens is 2. The summed E-state index contributed by atoms with van der Waals surface area (Å²) in [6, 6.07) is 8.36. The third-order valence-electron chi connectivity index (χ3n) is 3.97. The van der Waals surface area contributed by atoms with Gasteiger partial charge in [0.05, 0.1) is 6.10 Å². The SMILES string of the molecule is Cc1cccc(Cc2noc(C3CCC(O)CC3)n2)c1. The summed E-state index contributed by atoms with van der Waals surface area (Å²) in [4.78, 5) is 4.52. The van der Waals surface area contributed by atoms with Crippen molar-refractivity contribution < 1.29 is 9.63 Å². The highest BCUT2D eigenvalue weighted by Crippen LogP contribution is 2.31. The molecule has 0 spiro atoms. The van der Waals surface area contributed by atoms with Crippen LogP contribution < -0.4 is 0 Å². The molecule has 4 nitrogen and oxygen atoms in total. The second-order valence-electron chi connectivity index (χ2n) is 5.72. The fourth-order valence-corrected chi connectivity index (χ4v) is 2.83. The molecule has 0 saturated heterocycles. The highest BCUT2D eigenvalue weighted by Gasteiger charge is 2.25. The average molecular weight is 272 g/mol. The maximum absolute atomic E-state index is 9.53. The molecule has 3 rings (SSSR count). The van der Waals surface area contributed by atoms with E-state index in [0.29, 0.717) is 12.3 Å². The van der Waals surface area contributed by atoms with Crippen molar-refractivity contribution in [3.63, 3.8) is 0 Å². The Labute approximate surface area is 118 Å². The zero-order valence-corrected chi connectivity index (χ0v) is 11.7. The lowest BCUT2D eigenvalue weighted by Gasteiger charge is -2.22. The molecule has 20 heavy (non-hydrogen) atoms. The smallest absolute Gasteiger partial charge is 0.229 e. The van der Waals surface area contributed by atoms with Gasteiger partial charge in [-0.25, -0.2) is 0 Å². The summed E-state index contributed by atoms with van der Waals surface area (Å²) in [5.41, 5.74) is 2.45. The first-order valence-electron chi connectivity index (χ1n) is 7.27. The fraction of sp³-hybridized carbons (Fsp3) is 0.500. The van der Waals surface area contributed by atoms with Crippen LogP contribution in [0.1, 0.15) is 54.4 Å². The van der Waals surface area contributed by atoms with E-state index >= 15 is 0 Å². The number of rotatable bonds is 3. The van der Waals surface area contributed by atoms with Crippen molar-refractivity contribution in [2.75, 3.05) is 0 Å². The van der Waals surface area contributed by atoms with Gasteiger partial charge in [-0.05, 0) is 38.2 Å². The van der Waals surface area contributed by atoms with Gasteiger partial charge in [0.1, 0.15) is 0 Å². The minimum absolute atomic E-state index is 0.152. The zero-order valence-electron chi connectivity index (χ0n) is 11.7. The van der Waals surface area contributed by atoms with Crippen molar-refractivity contribution in [2.24, 2.45) is 0 Å². The molecule has 0 bridgehead atoms. The van der Waals surface area contributed by atoms with Crippen molar-refractivity contribution in [2.45, 2.75) is 51.0 Å². The number of aryl methyl sites for hydroxylation is 1. The first-order chi connectivity index (χ1) is 9.70. The van der Waals surface area contributed by atoms with E-state index in [1.165, 1.54) is 11.1 Å². The van der Waals surface area contributed by atoms with E-state index in [4.69, 9.17) is 4.52 Å². The van der Waals surface area contributed by atoms with Gasteiger partial charge in [0.15, 0.2) is 5.82 Å². The largest absolute Gasteiger partial charge is 0.393 e. The maximum Gasteiger partial charge on any atom is 0.229 e. The second-order valence-corrected chi connectivity index (χ2v) is 5.72. The molecular formula is C16H20N2O2. The van der Waals surface area contributed by atoms with E-state index in [-0.39, 0.29) is 6.10 Å². The maximum atomic E-state index is 9.53. The van der Waals surface area contributed by atoms with E-state index < -0.39 is 0 Å². The van der Waals surface area contributed by atoms with Gasteiger partial charge in [-0.15, -0.1) is 0 Å². The molecule has 1 aliphatic carbocycles. The Morgan fingerprint density at radius 2 is 2.05 bits per heavy atom. The van der Waals surface area contributed by atoms with Gasteiger partial charge in [-0.3, -0.25) is 0 Å². The molecule has 1 saturated carbocycles. The van der Waals surface area contributed by atoms with Gasteiger partial charge in [0.25, 0.3) is 0 Å². The van der Waals surface area contributed by atoms with Gasteiger partial charge >= 0.3 is 0 Å². The van der Waals surface area contributed by atoms with Crippen LogP contribution in [0, 0.1) is 6.92 Å². The molecule has 1 heterocycles. The summed E-state index contributed by atoms with van der Waals surface area (Å²) < 4.78 is 5.40. The van der Waals surface area contributed by atoms with Crippen LogP contribution in [0.5, 0.6) is 0 Å². The van der Waals surface area contributed by atoms with E-state index in [0.717, 1.165) is 37.4 Å². The Morgan fingerprint density at radius 3 is 2.80 bits per heavy atom. The van der Waals surface area contributed by atoms with E-state index in [1.54, 1.807) is 0 Å². The molecule has 1 aromatic heterocycles. The number of hydrogen-bond donors (Lipinski definition) is 1. The molecular weight excluding hydrogens is 252 g/mol. The Bertz CT molecular complexity index is 571. The van der Waals surface area contributed by atoms with Crippen LogP contribution in [0.3, 0.4) is 0 Å². The molecule has 106 valence electrons. The molecule has 0 aliphatic heterocycles. The van der Waals surface area contributed by atoms with Crippen LogP contribution >= 0.6 is 0 Å². The molecule has 0 atom stereocenters. The summed E-state index contributed by atoms with van der Waals surface area (Å²) in [6.07, 6.45) is 4.10. The molecule has 1 fully saturated rings. The Morgan fingerprint density at radius 1 is 1.25 bits per heavy atom. The summed E-state index contributed by atoms with van der Waals surface area (Å²) in [7, 11) is 0. The standard InChI is InChI=1S/C16H20N2O2/c1-11-3-2-4-12(9-11)10-15-17-16(20-18-15)13-5-7-14(19)8-6-13/h2-4,9,13-14,19H,5-8,10H2,1H3. The van der Waals surface area contributed by atoms with Crippen molar-refractivity contribution in [3.05, 3.63) is 47.1 Å². The van der Waals surface area contributed by atoms with Crippen LogP contribution in [-0.2, 0) is 6.42 Å². The van der Waals surface area contributed by atoms with Crippen LogP contribution in [-0.4, -0.2) is 21.4 Å². The molecule has 1 N–H and O–H groups in total. The monoisotopic (exact) mass is 272 g/mol. The molecule has 1 aliphatic rings. The first kappa shape index (κ1) is 13.3. The lowest BCUT2D eigenvalue weighted by Crippen LogP contribution is -2.17. The highest BCUT2D eigenvalue weighted by molar-refractivity contribution is 5.24. The van der Waals surface area contributed by atoms with E-state index in [2.05, 4.69) is 35.3 Å². The lowest BCUT2D eigenvalue weighted by atomic mass is 9.87. The van der Waals surface area contributed by atoms with Crippen molar-refractivity contribution in [1.29, 1.82) is 0 Å². The summed E-state index contributed by atoms with van der Waals surface area (Å²) in [5, 5.41) is 13.6. The van der Waals surface area contributed by atoms with Crippen molar-refractivity contribution in [3.8, 4) is 0 Å². The number of benzene rings is 1. The summed E-state index contributed by atoms with van der Waals surface area (Å²) >= 11 is 0. The second kappa shape index (κ2) is 5.75.